The topological polar surface area (TPSA) is 64.3 Å². The first-order valence-corrected chi connectivity index (χ1v) is 8.59. The highest BCUT2D eigenvalue weighted by atomic mass is 32.1. The quantitative estimate of drug-likeness (QED) is 0.773. The molecule has 0 spiro atoms. The molecule has 3 rings (SSSR count). The third-order valence-corrected chi connectivity index (χ3v) is 4.64. The zero-order chi connectivity index (χ0) is 17.3. The molecule has 0 fully saturated rings. The highest BCUT2D eigenvalue weighted by Crippen LogP contribution is 2.19. The summed E-state index contributed by atoms with van der Waals surface area (Å²) < 4.78 is 7.08. The molecule has 0 saturated carbocycles. The van der Waals surface area contributed by atoms with Gasteiger partial charge < -0.3 is 9.84 Å². The van der Waals surface area contributed by atoms with Crippen LogP contribution in [0.15, 0.2) is 35.4 Å². The van der Waals surface area contributed by atoms with Crippen molar-refractivity contribution in [1.29, 1.82) is 0 Å². The van der Waals surface area contributed by atoms with E-state index in [2.05, 4.69) is 11.1 Å². The zero-order valence-electron chi connectivity index (χ0n) is 13.9. The van der Waals surface area contributed by atoms with Crippen molar-refractivity contribution in [2.45, 2.75) is 33.4 Å². The minimum atomic E-state index is -0.789. The summed E-state index contributed by atoms with van der Waals surface area (Å²) in [5, 5.41) is 10.8. The van der Waals surface area contributed by atoms with Crippen molar-refractivity contribution in [1.82, 2.24) is 9.55 Å². The van der Waals surface area contributed by atoms with Crippen molar-refractivity contribution < 1.29 is 9.84 Å². The predicted octanol–water partition coefficient (Wildman–Crippen LogP) is 2.82. The summed E-state index contributed by atoms with van der Waals surface area (Å²) in [7, 11) is 0. The van der Waals surface area contributed by atoms with Crippen LogP contribution in [0.5, 0.6) is 5.75 Å². The van der Waals surface area contributed by atoms with E-state index in [0.717, 1.165) is 26.6 Å². The van der Waals surface area contributed by atoms with Crippen molar-refractivity contribution in [3.8, 4) is 5.75 Å². The molecule has 5 nitrogen and oxygen atoms in total. The zero-order valence-corrected chi connectivity index (χ0v) is 14.8. The number of ether oxygens (including phenoxy) is 1. The number of nitrogens with zero attached hydrogens (tertiary/aromatic N) is 2. The highest BCUT2D eigenvalue weighted by Gasteiger charge is 2.12. The van der Waals surface area contributed by atoms with E-state index < -0.39 is 6.10 Å². The molecule has 0 amide bonds. The van der Waals surface area contributed by atoms with Crippen LogP contribution in [0.4, 0.5) is 0 Å². The van der Waals surface area contributed by atoms with E-state index in [1.807, 2.05) is 39.0 Å². The molecule has 24 heavy (non-hydrogen) atoms. The van der Waals surface area contributed by atoms with Crippen LogP contribution in [0.25, 0.3) is 10.2 Å². The van der Waals surface area contributed by atoms with Crippen LogP contribution in [0, 0.1) is 20.8 Å². The Morgan fingerprint density at radius 3 is 2.62 bits per heavy atom. The maximum absolute atomic E-state index is 12.4. The van der Waals surface area contributed by atoms with Crippen molar-refractivity contribution in [2.24, 2.45) is 0 Å². The lowest BCUT2D eigenvalue weighted by atomic mass is 10.1. The smallest absolute Gasteiger partial charge is 0.262 e. The van der Waals surface area contributed by atoms with Crippen LogP contribution in [0.2, 0.25) is 0 Å². The number of aliphatic hydroxyl groups is 1. The summed E-state index contributed by atoms with van der Waals surface area (Å²) in [5.41, 5.74) is 2.09. The van der Waals surface area contributed by atoms with Gasteiger partial charge in [0.05, 0.1) is 18.3 Å². The Hall–Kier alpha value is -2.18. The van der Waals surface area contributed by atoms with Gasteiger partial charge in [0.2, 0.25) is 0 Å². The van der Waals surface area contributed by atoms with Gasteiger partial charge in [-0.25, -0.2) is 4.98 Å². The van der Waals surface area contributed by atoms with Gasteiger partial charge in [-0.1, -0.05) is 6.07 Å². The maximum Gasteiger partial charge on any atom is 0.262 e. The van der Waals surface area contributed by atoms with E-state index in [0.29, 0.717) is 5.39 Å². The molecule has 2 aromatic heterocycles. The Kier molecular flexibility index (Phi) is 4.69. The summed E-state index contributed by atoms with van der Waals surface area (Å²) in [5.74, 6) is 0.723. The van der Waals surface area contributed by atoms with Gasteiger partial charge in [0, 0.05) is 4.88 Å². The molecular weight excluding hydrogens is 324 g/mol. The Bertz CT molecular complexity index is 909. The summed E-state index contributed by atoms with van der Waals surface area (Å²) >= 11 is 1.49. The average molecular weight is 344 g/mol. The lowest BCUT2D eigenvalue weighted by molar-refractivity contribution is 0.0914. The van der Waals surface area contributed by atoms with Crippen molar-refractivity contribution >= 4 is 21.6 Å². The van der Waals surface area contributed by atoms with Gasteiger partial charge in [0.15, 0.2) is 0 Å². The van der Waals surface area contributed by atoms with E-state index in [1.54, 1.807) is 0 Å². The van der Waals surface area contributed by atoms with Crippen LogP contribution in [0.1, 0.15) is 16.0 Å². The van der Waals surface area contributed by atoms with Crippen LogP contribution in [-0.2, 0) is 6.54 Å². The Morgan fingerprint density at radius 2 is 1.92 bits per heavy atom. The third kappa shape index (κ3) is 3.66. The van der Waals surface area contributed by atoms with Gasteiger partial charge in [0.1, 0.15) is 23.3 Å². The first kappa shape index (κ1) is 16.7. The molecule has 0 aliphatic heterocycles. The Labute approximate surface area is 144 Å². The van der Waals surface area contributed by atoms with Crippen LogP contribution in [-0.4, -0.2) is 27.4 Å². The fourth-order valence-corrected chi connectivity index (χ4v) is 3.54. The van der Waals surface area contributed by atoms with Crippen LogP contribution in [0.3, 0.4) is 0 Å². The minimum Gasteiger partial charge on any atom is -0.491 e. The number of hydrogen-bond acceptors (Lipinski definition) is 5. The number of fused-ring (bicyclic) bond motifs is 1. The number of benzene rings is 1. The van der Waals surface area contributed by atoms with Crippen molar-refractivity contribution in [3.05, 3.63) is 57.0 Å². The first-order chi connectivity index (χ1) is 11.4. The first-order valence-electron chi connectivity index (χ1n) is 7.77. The third-order valence-electron chi connectivity index (χ3n) is 3.69. The lowest BCUT2D eigenvalue weighted by Crippen LogP contribution is -2.30. The number of hydrogen-bond donors (Lipinski definition) is 1. The molecule has 1 atom stereocenters. The number of aliphatic hydroxyl groups excluding tert-OH is 1. The van der Waals surface area contributed by atoms with E-state index in [9.17, 15) is 9.90 Å². The van der Waals surface area contributed by atoms with E-state index in [4.69, 9.17) is 4.74 Å². The molecule has 1 N–H and O–H groups in total. The second kappa shape index (κ2) is 6.75. The van der Waals surface area contributed by atoms with Crippen LogP contribution >= 0.6 is 11.3 Å². The molecule has 0 bridgehead atoms. The summed E-state index contributed by atoms with van der Waals surface area (Å²) in [6.07, 6.45) is 0.697. The molecule has 0 saturated heterocycles. The average Bonchev–Trinajstić information content (AvgIpc) is 2.89. The minimum absolute atomic E-state index is 0.121. The van der Waals surface area contributed by atoms with Gasteiger partial charge in [-0.3, -0.25) is 9.36 Å². The largest absolute Gasteiger partial charge is 0.491 e. The molecule has 2 heterocycles. The standard InChI is InChI=1S/C18H20N2O3S/c1-11-4-12(2)6-15(5-11)23-9-14(21)8-20-10-19-17-16(18(20)22)7-13(3)24-17/h4-7,10,14,21H,8-9H2,1-3H3. The molecule has 0 aliphatic rings. The lowest BCUT2D eigenvalue weighted by Gasteiger charge is -2.14. The molecule has 126 valence electrons. The SMILES string of the molecule is Cc1cc(C)cc(OCC(O)Cn2cnc3sc(C)cc3c2=O)c1. The normalized spacial score (nSPS) is 12.5. The Morgan fingerprint density at radius 1 is 1.21 bits per heavy atom. The molecule has 6 heteroatoms. The Balaban J connectivity index is 1.69. The highest BCUT2D eigenvalue weighted by molar-refractivity contribution is 7.18. The maximum atomic E-state index is 12.4. The molecular formula is C18H20N2O3S. The van der Waals surface area contributed by atoms with Gasteiger partial charge >= 0.3 is 0 Å². The van der Waals surface area contributed by atoms with E-state index in [-0.39, 0.29) is 18.7 Å². The second-order valence-electron chi connectivity index (χ2n) is 6.07. The number of thiophene rings is 1. The molecule has 1 unspecified atom stereocenters. The molecule has 0 aliphatic carbocycles. The van der Waals surface area contributed by atoms with Crippen LogP contribution < -0.4 is 10.3 Å². The summed E-state index contributed by atoms with van der Waals surface area (Å²) in [4.78, 5) is 18.5. The predicted molar refractivity (Wildman–Crippen MR) is 96.0 cm³/mol. The molecule has 3 aromatic rings. The van der Waals surface area contributed by atoms with Gasteiger partial charge in [-0.05, 0) is 50.1 Å². The second-order valence-corrected chi connectivity index (χ2v) is 7.30. The fraction of sp³-hybridized carbons (Fsp3) is 0.333. The summed E-state index contributed by atoms with van der Waals surface area (Å²) in [6.45, 7) is 6.22. The van der Waals surface area contributed by atoms with Crippen molar-refractivity contribution in [3.63, 3.8) is 0 Å². The van der Waals surface area contributed by atoms with Gasteiger partial charge in [0.25, 0.3) is 5.56 Å². The molecule has 0 radical (unpaired) electrons. The molecule has 1 aromatic carbocycles. The van der Waals surface area contributed by atoms with Gasteiger partial charge in [-0.2, -0.15) is 0 Å². The van der Waals surface area contributed by atoms with Gasteiger partial charge in [-0.15, -0.1) is 11.3 Å². The number of aromatic nitrogens is 2. The number of aryl methyl sites for hydroxylation is 3. The van der Waals surface area contributed by atoms with Crippen molar-refractivity contribution in [2.75, 3.05) is 6.61 Å². The fourth-order valence-electron chi connectivity index (χ4n) is 2.70. The van der Waals surface area contributed by atoms with E-state index in [1.165, 1.54) is 22.2 Å². The summed E-state index contributed by atoms with van der Waals surface area (Å²) in [6, 6.07) is 7.75. The van der Waals surface area contributed by atoms with E-state index >= 15 is 0 Å². The monoisotopic (exact) mass is 344 g/mol. The number of rotatable bonds is 5.